The van der Waals surface area contributed by atoms with E-state index < -0.39 is 10.0 Å². The first-order valence-electron chi connectivity index (χ1n) is 11.6. The van der Waals surface area contributed by atoms with Crippen molar-refractivity contribution in [3.8, 4) is 11.6 Å². The summed E-state index contributed by atoms with van der Waals surface area (Å²) in [4.78, 5) is 13.6. The van der Waals surface area contributed by atoms with Gasteiger partial charge in [-0.2, -0.15) is 4.98 Å². The molecule has 192 valence electrons. The summed E-state index contributed by atoms with van der Waals surface area (Å²) >= 11 is 5.98. The molecule has 5 rings (SSSR count). The highest BCUT2D eigenvalue weighted by molar-refractivity contribution is 7.89. The van der Waals surface area contributed by atoms with Gasteiger partial charge < -0.3 is 9.64 Å². The summed E-state index contributed by atoms with van der Waals surface area (Å²) in [6.45, 7) is 4.48. The number of nitrogens with zero attached hydrogens (tertiary/aromatic N) is 7. The second-order valence-electron chi connectivity index (χ2n) is 8.57. The van der Waals surface area contributed by atoms with Crippen LogP contribution in [0.1, 0.15) is 11.3 Å². The summed E-state index contributed by atoms with van der Waals surface area (Å²) in [6, 6.07) is 15.7. The number of nitrogens with two attached hydrogens (primary N) is 1. The number of piperazine rings is 1. The summed E-state index contributed by atoms with van der Waals surface area (Å²) in [7, 11) is -3.75. The fourth-order valence-electron chi connectivity index (χ4n) is 3.95. The minimum absolute atomic E-state index is 0.0301. The van der Waals surface area contributed by atoms with Crippen LogP contribution < -0.4 is 14.8 Å². The Bertz CT molecular complexity index is 1450. The van der Waals surface area contributed by atoms with Gasteiger partial charge in [0.2, 0.25) is 21.9 Å². The standard InChI is InChI=1S/C24H25ClN8O3S/c25-19-3-1-18(2-4-19)15-31-11-13-32(14-12-31)24-27-10-9-23(28-24)36-17-20-16-33(30-29-20)21-5-7-22(8-6-21)37(26,34)35/h1-10,16H,11-15,17H2,(H2,26,34,35). The molecule has 4 aromatic rings. The molecule has 2 aromatic carbocycles. The SMILES string of the molecule is NS(=O)(=O)c1ccc(-n2cc(COc3ccnc(N4CCN(Cc5ccc(Cl)cc5)CC4)n3)nn2)cc1. The van der Waals surface area contributed by atoms with E-state index in [2.05, 4.69) is 42.2 Å². The average Bonchev–Trinajstić information content (AvgIpc) is 3.38. The van der Waals surface area contributed by atoms with E-state index in [9.17, 15) is 8.42 Å². The maximum atomic E-state index is 11.4. The Morgan fingerprint density at radius 1 is 0.973 bits per heavy atom. The molecule has 0 atom stereocenters. The first-order valence-corrected chi connectivity index (χ1v) is 13.5. The summed E-state index contributed by atoms with van der Waals surface area (Å²) < 4.78 is 30.2. The molecule has 13 heteroatoms. The number of halogens is 1. The van der Waals surface area contributed by atoms with Crippen molar-refractivity contribution in [2.24, 2.45) is 5.14 Å². The third-order valence-corrected chi connectivity index (χ3v) is 7.11. The predicted molar refractivity (Wildman–Crippen MR) is 138 cm³/mol. The van der Waals surface area contributed by atoms with Crippen LogP contribution >= 0.6 is 11.6 Å². The Labute approximate surface area is 219 Å². The molecular formula is C24H25ClN8O3S. The molecule has 37 heavy (non-hydrogen) atoms. The molecule has 2 N–H and O–H groups in total. The molecule has 0 bridgehead atoms. The monoisotopic (exact) mass is 540 g/mol. The number of sulfonamides is 1. The lowest BCUT2D eigenvalue weighted by atomic mass is 10.2. The lowest BCUT2D eigenvalue weighted by molar-refractivity contribution is 0.248. The van der Waals surface area contributed by atoms with Crippen molar-refractivity contribution in [2.75, 3.05) is 31.1 Å². The van der Waals surface area contributed by atoms with Crippen molar-refractivity contribution < 1.29 is 13.2 Å². The summed E-state index contributed by atoms with van der Waals surface area (Å²) in [6.07, 6.45) is 3.38. The molecule has 1 saturated heterocycles. The largest absolute Gasteiger partial charge is 0.471 e. The van der Waals surface area contributed by atoms with Crippen molar-refractivity contribution in [1.29, 1.82) is 0 Å². The zero-order valence-electron chi connectivity index (χ0n) is 19.8. The van der Waals surface area contributed by atoms with Crippen molar-refractivity contribution in [2.45, 2.75) is 18.0 Å². The molecule has 2 aromatic heterocycles. The zero-order valence-corrected chi connectivity index (χ0v) is 21.4. The third-order valence-electron chi connectivity index (χ3n) is 5.93. The minimum Gasteiger partial charge on any atom is -0.471 e. The number of ether oxygens (including phenoxy) is 1. The number of anilines is 1. The second kappa shape index (κ2) is 10.8. The van der Waals surface area contributed by atoms with Gasteiger partial charge >= 0.3 is 0 Å². The van der Waals surface area contributed by atoms with E-state index >= 15 is 0 Å². The molecule has 0 radical (unpaired) electrons. The summed E-state index contributed by atoms with van der Waals surface area (Å²) in [5.41, 5.74) is 2.47. The molecule has 11 nitrogen and oxygen atoms in total. The Balaban J connectivity index is 1.15. The van der Waals surface area contributed by atoms with Crippen LogP contribution in [0.5, 0.6) is 5.88 Å². The van der Waals surface area contributed by atoms with Gasteiger partial charge in [0.1, 0.15) is 12.3 Å². The van der Waals surface area contributed by atoms with E-state index in [4.69, 9.17) is 21.5 Å². The van der Waals surface area contributed by atoms with Gasteiger partial charge in [-0.3, -0.25) is 4.90 Å². The van der Waals surface area contributed by atoms with Gasteiger partial charge in [-0.15, -0.1) is 5.10 Å². The van der Waals surface area contributed by atoms with Crippen LogP contribution in [0.15, 0.2) is 71.9 Å². The molecular weight excluding hydrogens is 516 g/mol. The molecule has 0 spiro atoms. The highest BCUT2D eigenvalue weighted by Gasteiger charge is 2.19. The van der Waals surface area contributed by atoms with E-state index in [-0.39, 0.29) is 11.5 Å². The zero-order chi connectivity index (χ0) is 25.8. The van der Waals surface area contributed by atoms with E-state index in [1.54, 1.807) is 30.6 Å². The van der Waals surface area contributed by atoms with Crippen molar-refractivity contribution in [3.05, 3.63) is 83.3 Å². The van der Waals surface area contributed by atoms with Crippen molar-refractivity contribution in [3.63, 3.8) is 0 Å². The number of hydrogen-bond acceptors (Lipinski definition) is 9. The van der Waals surface area contributed by atoms with Crippen LogP contribution in [0.4, 0.5) is 5.95 Å². The van der Waals surface area contributed by atoms with Gasteiger partial charge in [-0.25, -0.2) is 23.2 Å². The molecule has 1 fully saturated rings. The average molecular weight is 541 g/mol. The first-order chi connectivity index (χ1) is 17.8. The van der Waals surface area contributed by atoms with Gasteiger partial charge in [-0.05, 0) is 42.0 Å². The van der Waals surface area contributed by atoms with Gasteiger partial charge in [0.15, 0.2) is 0 Å². The number of rotatable bonds is 8. The predicted octanol–water partition coefficient (Wildman–Crippen LogP) is 2.26. The second-order valence-corrected chi connectivity index (χ2v) is 10.6. The molecule has 1 aliphatic rings. The molecule has 0 saturated carbocycles. The van der Waals surface area contributed by atoms with Crippen LogP contribution in [-0.2, 0) is 23.2 Å². The molecule has 1 aliphatic heterocycles. The number of hydrogen-bond donors (Lipinski definition) is 1. The highest BCUT2D eigenvalue weighted by Crippen LogP contribution is 2.18. The highest BCUT2D eigenvalue weighted by atomic mass is 35.5. The van der Waals surface area contributed by atoms with Crippen LogP contribution in [0, 0.1) is 0 Å². The Morgan fingerprint density at radius 2 is 1.70 bits per heavy atom. The molecule has 0 aliphatic carbocycles. The van der Waals surface area contributed by atoms with Crippen LogP contribution in [0.3, 0.4) is 0 Å². The Hall–Kier alpha value is -3.58. The molecule has 0 unspecified atom stereocenters. The normalized spacial score (nSPS) is 14.6. The number of primary sulfonamides is 1. The van der Waals surface area contributed by atoms with Gasteiger partial charge in [0.25, 0.3) is 0 Å². The van der Waals surface area contributed by atoms with Crippen LogP contribution in [0.25, 0.3) is 5.69 Å². The number of aromatic nitrogens is 5. The maximum Gasteiger partial charge on any atom is 0.238 e. The van der Waals surface area contributed by atoms with Crippen molar-refractivity contribution >= 4 is 27.6 Å². The van der Waals surface area contributed by atoms with Crippen LogP contribution in [0.2, 0.25) is 5.02 Å². The van der Waals surface area contributed by atoms with E-state index in [0.717, 1.165) is 37.7 Å². The maximum absolute atomic E-state index is 11.4. The summed E-state index contributed by atoms with van der Waals surface area (Å²) in [5, 5.41) is 14.1. The fraction of sp³-hybridized carbons (Fsp3) is 0.250. The molecule has 3 heterocycles. The quantitative estimate of drug-likeness (QED) is 0.357. The Morgan fingerprint density at radius 3 is 2.41 bits per heavy atom. The fourth-order valence-corrected chi connectivity index (χ4v) is 4.59. The lowest BCUT2D eigenvalue weighted by Gasteiger charge is -2.34. The van der Waals surface area contributed by atoms with Gasteiger partial charge in [-0.1, -0.05) is 28.9 Å². The van der Waals surface area contributed by atoms with Crippen LogP contribution in [-0.4, -0.2) is 64.5 Å². The third kappa shape index (κ3) is 6.41. The smallest absolute Gasteiger partial charge is 0.238 e. The lowest BCUT2D eigenvalue weighted by Crippen LogP contribution is -2.46. The van der Waals surface area contributed by atoms with E-state index in [1.807, 2.05) is 12.1 Å². The Kier molecular flexibility index (Phi) is 7.33. The van der Waals surface area contributed by atoms with Crippen molar-refractivity contribution in [1.82, 2.24) is 29.9 Å². The minimum atomic E-state index is -3.75. The van der Waals surface area contributed by atoms with Gasteiger partial charge in [0.05, 0.1) is 16.8 Å². The van der Waals surface area contributed by atoms with E-state index in [1.165, 1.54) is 22.4 Å². The topological polar surface area (TPSA) is 132 Å². The van der Waals surface area contributed by atoms with E-state index in [0.29, 0.717) is 23.2 Å². The summed E-state index contributed by atoms with van der Waals surface area (Å²) in [5.74, 6) is 1.07. The molecule has 0 amide bonds. The number of benzene rings is 2. The van der Waals surface area contributed by atoms with Gasteiger partial charge in [0, 0.05) is 50.0 Å². The first kappa shape index (κ1) is 25.1.